The zero-order valence-corrected chi connectivity index (χ0v) is 14.4. The second-order valence-corrected chi connectivity index (χ2v) is 6.41. The molecule has 0 aliphatic rings. The molecular formula is C16H11Cl2N3OS. The van der Waals surface area contributed by atoms with Gasteiger partial charge in [0.25, 0.3) is 5.91 Å². The van der Waals surface area contributed by atoms with Gasteiger partial charge >= 0.3 is 0 Å². The number of nitrogens with zero attached hydrogens (tertiary/aromatic N) is 3. The number of hydrogen-bond donors (Lipinski definition) is 0. The van der Waals surface area contributed by atoms with Gasteiger partial charge < -0.3 is 4.90 Å². The highest BCUT2D eigenvalue weighted by molar-refractivity contribution is 7.12. The molecule has 4 nitrogen and oxygen atoms in total. The van der Waals surface area contributed by atoms with Gasteiger partial charge in [-0.15, -0.1) is 11.3 Å². The van der Waals surface area contributed by atoms with E-state index in [-0.39, 0.29) is 5.91 Å². The predicted octanol–water partition coefficient (Wildman–Crippen LogP) is 4.79. The SMILES string of the molecule is CN(C(=O)c1nc(-c2cccnc2)cs1)c1ccc(Cl)c(Cl)c1. The summed E-state index contributed by atoms with van der Waals surface area (Å²) in [6, 6.07) is 8.78. The quantitative estimate of drug-likeness (QED) is 0.671. The lowest BCUT2D eigenvalue weighted by molar-refractivity contribution is 0.0992. The van der Waals surface area contributed by atoms with Gasteiger partial charge in [0.05, 0.1) is 15.7 Å². The number of carbonyl (C=O) groups excluding carboxylic acids is 1. The molecule has 0 saturated heterocycles. The van der Waals surface area contributed by atoms with Crippen LogP contribution >= 0.6 is 34.5 Å². The number of amides is 1. The first kappa shape index (κ1) is 15.9. The summed E-state index contributed by atoms with van der Waals surface area (Å²) < 4.78 is 0. The summed E-state index contributed by atoms with van der Waals surface area (Å²) >= 11 is 13.2. The molecule has 0 radical (unpaired) electrons. The van der Waals surface area contributed by atoms with E-state index in [0.29, 0.717) is 20.7 Å². The van der Waals surface area contributed by atoms with E-state index in [2.05, 4.69) is 9.97 Å². The van der Waals surface area contributed by atoms with Crippen molar-refractivity contribution in [2.24, 2.45) is 0 Å². The lowest BCUT2D eigenvalue weighted by atomic mass is 10.2. The molecule has 0 unspecified atom stereocenters. The van der Waals surface area contributed by atoms with Crippen LogP contribution in [0.2, 0.25) is 10.0 Å². The number of thiazole rings is 1. The zero-order chi connectivity index (χ0) is 16.4. The molecule has 1 aromatic carbocycles. The predicted molar refractivity (Wildman–Crippen MR) is 94.5 cm³/mol. The van der Waals surface area contributed by atoms with Crippen LogP contribution in [0.15, 0.2) is 48.1 Å². The molecule has 7 heteroatoms. The fourth-order valence-electron chi connectivity index (χ4n) is 1.97. The van der Waals surface area contributed by atoms with Crippen molar-refractivity contribution in [3.8, 4) is 11.3 Å². The lowest BCUT2D eigenvalue weighted by Gasteiger charge is -2.16. The number of hydrogen-bond acceptors (Lipinski definition) is 4. The first-order chi connectivity index (χ1) is 11.1. The Balaban J connectivity index is 1.85. The smallest absolute Gasteiger partial charge is 0.286 e. The molecule has 0 atom stereocenters. The summed E-state index contributed by atoms with van der Waals surface area (Å²) in [5.41, 5.74) is 2.26. The third-order valence-electron chi connectivity index (χ3n) is 3.24. The Morgan fingerprint density at radius 3 is 2.74 bits per heavy atom. The molecule has 1 amide bonds. The molecule has 2 aromatic heterocycles. The van der Waals surface area contributed by atoms with Crippen LogP contribution in [0.4, 0.5) is 5.69 Å². The number of rotatable bonds is 3. The van der Waals surface area contributed by atoms with Crippen molar-refractivity contribution >= 4 is 46.1 Å². The minimum absolute atomic E-state index is 0.205. The Morgan fingerprint density at radius 1 is 1.22 bits per heavy atom. The van der Waals surface area contributed by atoms with E-state index < -0.39 is 0 Å². The summed E-state index contributed by atoms with van der Waals surface area (Å²) in [7, 11) is 1.67. The molecule has 0 N–H and O–H groups in total. The standard InChI is InChI=1S/C16H11Cl2N3OS/c1-21(11-4-5-12(17)13(18)7-11)16(22)15-20-14(9-23-15)10-3-2-6-19-8-10/h2-9H,1H3. The molecule has 0 bridgehead atoms. The molecular weight excluding hydrogens is 353 g/mol. The zero-order valence-electron chi connectivity index (χ0n) is 12.0. The monoisotopic (exact) mass is 363 g/mol. The maximum Gasteiger partial charge on any atom is 0.286 e. The van der Waals surface area contributed by atoms with Crippen LogP contribution in [-0.4, -0.2) is 22.9 Å². The van der Waals surface area contributed by atoms with Crippen LogP contribution in [0.5, 0.6) is 0 Å². The highest BCUT2D eigenvalue weighted by Gasteiger charge is 2.18. The molecule has 0 aliphatic heterocycles. The van der Waals surface area contributed by atoms with Gasteiger partial charge in [-0.1, -0.05) is 23.2 Å². The minimum Gasteiger partial charge on any atom is -0.309 e. The average molecular weight is 364 g/mol. The van der Waals surface area contributed by atoms with Crippen LogP contribution in [0, 0.1) is 0 Å². The molecule has 0 fully saturated rings. The third-order valence-corrected chi connectivity index (χ3v) is 4.81. The fraction of sp³-hybridized carbons (Fsp3) is 0.0625. The third kappa shape index (κ3) is 3.37. The summed E-state index contributed by atoms with van der Waals surface area (Å²) in [6.07, 6.45) is 3.41. The van der Waals surface area contributed by atoms with Crippen molar-refractivity contribution in [3.05, 3.63) is 63.2 Å². The Hall–Kier alpha value is -1.95. The number of carbonyl (C=O) groups is 1. The number of halogens is 2. The van der Waals surface area contributed by atoms with E-state index in [1.165, 1.54) is 16.2 Å². The molecule has 116 valence electrons. The van der Waals surface area contributed by atoms with E-state index in [4.69, 9.17) is 23.2 Å². The van der Waals surface area contributed by atoms with Gasteiger partial charge in [0.15, 0.2) is 5.01 Å². The van der Waals surface area contributed by atoms with Crippen LogP contribution in [-0.2, 0) is 0 Å². The second kappa shape index (κ2) is 6.66. The van der Waals surface area contributed by atoms with Gasteiger partial charge in [-0.3, -0.25) is 9.78 Å². The van der Waals surface area contributed by atoms with E-state index in [1.807, 2.05) is 17.5 Å². The van der Waals surface area contributed by atoms with Gasteiger partial charge in [0, 0.05) is 36.1 Å². The van der Waals surface area contributed by atoms with Crippen LogP contribution in [0.25, 0.3) is 11.3 Å². The van der Waals surface area contributed by atoms with Crippen molar-refractivity contribution < 1.29 is 4.79 Å². The normalized spacial score (nSPS) is 10.6. The van der Waals surface area contributed by atoms with Gasteiger partial charge in [0.1, 0.15) is 0 Å². The summed E-state index contributed by atoms with van der Waals surface area (Å²) in [6.45, 7) is 0. The Morgan fingerprint density at radius 2 is 2.04 bits per heavy atom. The number of benzene rings is 1. The van der Waals surface area contributed by atoms with Crippen molar-refractivity contribution in [1.82, 2.24) is 9.97 Å². The Kier molecular flexibility index (Phi) is 4.61. The van der Waals surface area contributed by atoms with Crippen molar-refractivity contribution in [2.45, 2.75) is 0 Å². The van der Waals surface area contributed by atoms with E-state index in [0.717, 1.165) is 11.3 Å². The lowest BCUT2D eigenvalue weighted by Crippen LogP contribution is -2.26. The molecule has 23 heavy (non-hydrogen) atoms. The maximum atomic E-state index is 12.6. The Labute approximate surface area is 147 Å². The second-order valence-electron chi connectivity index (χ2n) is 4.74. The molecule has 0 aliphatic carbocycles. The first-order valence-corrected chi connectivity index (χ1v) is 8.29. The maximum absolute atomic E-state index is 12.6. The molecule has 3 aromatic rings. The number of pyridine rings is 1. The first-order valence-electron chi connectivity index (χ1n) is 6.65. The highest BCUT2D eigenvalue weighted by atomic mass is 35.5. The largest absolute Gasteiger partial charge is 0.309 e. The van der Waals surface area contributed by atoms with Gasteiger partial charge in [-0.25, -0.2) is 4.98 Å². The van der Waals surface area contributed by atoms with Crippen LogP contribution < -0.4 is 4.90 Å². The topological polar surface area (TPSA) is 46.1 Å². The summed E-state index contributed by atoms with van der Waals surface area (Å²) in [4.78, 5) is 22.5. The van der Waals surface area contributed by atoms with Crippen molar-refractivity contribution in [2.75, 3.05) is 11.9 Å². The van der Waals surface area contributed by atoms with Crippen molar-refractivity contribution in [1.29, 1.82) is 0 Å². The van der Waals surface area contributed by atoms with Gasteiger partial charge in [-0.05, 0) is 30.3 Å². The van der Waals surface area contributed by atoms with Gasteiger partial charge in [0.2, 0.25) is 0 Å². The molecule has 0 saturated carbocycles. The number of aromatic nitrogens is 2. The van der Waals surface area contributed by atoms with Crippen LogP contribution in [0.3, 0.4) is 0 Å². The average Bonchev–Trinajstić information content (AvgIpc) is 3.07. The molecule has 3 rings (SSSR count). The van der Waals surface area contributed by atoms with E-state index in [1.54, 1.807) is 37.6 Å². The fourth-order valence-corrected chi connectivity index (χ4v) is 3.07. The molecule has 0 spiro atoms. The van der Waals surface area contributed by atoms with E-state index >= 15 is 0 Å². The van der Waals surface area contributed by atoms with Crippen LogP contribution in [0.1, 0.15) is 9.80 Å². The van der Waals surface area contributed by atoms with Gasteiger partial charge in [-0.2, -0.15) is 0 Å². The summed E-state index contributed by atoms with van der Waals surface area (Å²) in [5.74, 6) is -0.205. The Bertz CT molecular complexity index is 852. The highest BCUT2D eigenvalue weighted by Crippen LogP contribution is 2.28. The summed E-state index contributed by atoms with van der Waals surface area (Å²) in [5, 5.41) is 3.09. The minimum atomic E-state index is -0.205. The van der Waals surface area contributed by atoms with E-state index in [9.17, 15) is 4.79 Å². The molecule has 2 heterocycles. The van der Waals surface area contributed by atoms with Crippen molar-refractivity contribution in [3.63, 3.8) is 0 Å². The number of anilines is 1.